The van der Waals surface area contributed by atoms with Crippen molar-refractivity contribution in [1.82, 2.24) is 5.32 Å². The third kappa shape index (κ3) is 3.87. The molecule has 0 spiro atoms. The lowest BCUT2D eigenvalue weighted by Crippen LogP contribution is -2.56. The van der Waals surface area contributed by atoms with Gasteiger partial charge in [-0.3, -0.25) is 4.79 Å². The minimum Gasteiger partial charge on any atom is -0.394 e. The summed E-state index contributed by atoms with van der Waals surface area (Å²) in [5, 5.41) is 29.1. The van der Waals surface area contributed by atoms with Crippen LogP contribution in [0.4, 0.5) is 0 Å². The normalized spacial score (nSPS) is 10.9. The van der Waals surface area contributed by atoms with Gasteiger partial charge in [0.2, 0.25) is 5.91 Å². The molecule has 0 heterocycles. The van der Waals surface area contributed by atoms with Crippen LogP contribution in [-0.2, 0) is 4.79 Å². The molecule has 5 nitrogen and oxygen atoms in total. The van der Waals surface area contributed by atoms with Crippen molar-refractivity contribution in [3.05, 3.63) is 11.6 Å². The van der Waals surface area contributed by atoms with Crippen LogP contribution in [0, 0.1) is 0 Å². The lowest BCUT2D eigenvalue weighted by atomic mass is 10.0. The smallest absolute Gasteiger partial charge is 0.244 e. The Morgan fingerprint density at radius 1 is 1.21 bits per heavy atom. The molecule has 4 N–H and O–H groups in total. The summed E-state index contributed by atoms with van der Waals surface area (Å²) in [6, 6.07) is 0. The molecule has 0 fully saturated rings. The molecule has 0 saturated heterocycles. The molecule has 14 heavy (non-hydrogen) atoms. The molecule has 1 amide bonds. The van der Waals surface area contributed by atoms with Crippen molar-refractivity contribution in [1.29, 1.82) is 0 Å². The van der Waals surface area contributed by atoms with Crippen LogP contribution in [0.5, 0.6) is 0 Å². The van der Waals surface area contributed by atoms with E-state index < -0.39 is 31.3 Å². The SMILES string of the molecule is CC(C)=CC(=O)NC(CO)(CO)CO. The van der Waals surface area contributed by atoms with Crippen molar-refractivity contribution < 1.29 is 20.1 Å². The Labute approximate surface area is 83.1 Å². The highest BCUT2D eigenvalue weighted by Gasteiger charge is 2.29. The van der Waals surface area contributed by atoms with E-state index in [1.54, 1.807) is 13.8 Å². The Balaban J connectivity index is 4.45. The molecule has 0 radical (unpaired) electrons. The molecule has 0 aliphatic heterocycles. The van der Waals surface area contributed by atoms with E-state index in [2.05, 4.69) is 5.32 Å². The van der Waals surface area contributed by atoms with Gasteiger partial charge in [0, 0.05) is 6.08 Å². The van der Waals surface area contributed by atoms with Gasteiger partial charge < -0.3 is 20.6 Å². The van der Waals surface area contributed by atoms with E-state index in [0.29, 0.717) is 0 Å². The summed E-state index contributed by atoms with van der Waals surface area (Å²) >= 11 is 0. The second-order valence-corrected chi connectivity index (χ2v) is 3.47. The van der Waals surface area contributed by atoms with E-state index in [4.69, 9.17) is 15.3 Å². The number of hydrogen-bond acceptors (Lipinski definition) is 4. The zero-order valence-corrected chi connectivity index (χ0v) is 8.45. The summed E-state index contributed by atoms with van der Waals surface area (Å²) in [5.41, 5.74) is -0.548. The highest BCUT2D eigenvalue weighted by Crippen LogP contribution is 2.02. The van der Waals surface area contributed by atoms with Gasteiger partial charge in [-0.1, -0.05) is 5.57 Å². The van der Waals surface area contributed by atoms with E-state index in [9.17, 15) is 4.79 Å². The maximum absolute atomic E-state index is 11.2. The number of nitrogens with one attached hydrogen (secondary N) is 1. The third-order valence-electron chi connectivity index (χ3n) is 1.72. The van der Waals surface area contributed by atoms with Gasteiger partial charge in [0.25, 0.3) is 0 Å². The van der Waals surface area contributed by atoms with Gasteiger partial charge in [-0.25, -0.2) is 0 Å². The van der Waals surface area contributed by atoms with Crippen molar-refractivity contribution in [2.24, 2.45) is 0 Å². The fourth-order valence-corrected chi connectivity index (χ4v) is 0.828. The van der Waals surface area contributed by atoms with Crippen LogP contribution in [-0.4, -0.2) is 46.6 Å². The van der Waals surface area contributed by atoms with Gasteiger partial charge in [-0.15, -0.1) is 0 Å². The maximum atomic E-state index is 11.2. The number of carbonyl (C=O) groups excluding carboxylic acids is 1. The molecule has 0 aromatic heterocycles. The molecule has 0 aromatic carbocycles. The van der Waals surface area contributed by atoms with Gasteiger partial charge in [0.1, 0.15) is 5.54 Å². The van der Waals surface area contributed by atoms with Gasteiger partial charge >= 0.3 is 0 Å². The van der Waals surface area contributed by atoms with Gasteiger partial charge in [0.05, 0.1) is 19.8 Å². The van der Waals surface area contributed by atoms with Crippen molar-refractivity contribution in [3.63, 3.8) is 0 Å². The van der Waals surface area contributed by atoms with Crippen LogP contribution in [0.3, 0.4) is 0 Å². The van der Waals surface area contributed by atoms with Crippen molar-refractivity contribution >= 4 is 5.91 Å². The number of amides is 1. The molecule has 5 heteroatoms. The average Bonchev–Trinajstić information content (AvgIpc) is 2.13. The lowest BCUT2D eigenvalue weighted by Gasteiger charge is -2.28. The van der Waals surface area contributed by atoms with E-state index in [1.807, 2.05) is 0 Å². The molecule has 0 aliphatic carbocycles. The van der Waals surface area contributed by atoms with E-state index in [1.165, 1.54) is 6.08 Å². The second-order valence-electron chi connectivity index (χ2n) is 3.47. The topological polar surface area (TPSA) is 89.8 Å². The quantitative estimate of drug-likeness (QED) is 0.422. The first kappa shape index (κ1) is 13.1. The first-order valence-corrected chi connectivity index (χ1v) is 4.29. The minimum atomic E-state index is -1.34. The molecular weight excluding hydrogens is 186 g/mol. The molecule has 0 unspecified atom stereocenters. The summed E-state index contributed by atoms with van der Waals surface area (Å²) < 4.78 is 0. The van der Waals surface area contributed by atoms with Crippen molar-refractivity contribution in [3.8, 4) is 0 Å². The number of rotatable bonds is 5. The third-order valence-corrected chi connectivity index (χ3v) is 1.72. The monoisotopic (exact) mass is 203 g/mol. The number of aliphatic hydroxyl groups is 3. The van der Waals surface area contributed by atoms with Crippen molar-refractivity contribution in [2.45, 2.75) is 19.4 Å². The minimum absolute atomic E-state index is 0.442. The molecule has 0 aromatic rings. The standard InChI is InChI=1S/C9H17NO4/c1-7(2)3-8(14)10-9(4-11,5-12)6-13/h3,11-13H,4-6H2,1-2H3,(H,10,14). The van der Waals surface area contributed by atoms with Gasteiger partial charge in [-0.2, -0.15) is 0 Å². The molecule has 0 aliphatic rings. The summed E-state index contributed by atoms with van der Waals surface area (Å²) in [5.74, 6) is -0.442. The highest BCUT2D eigenvalue weighted by molar-refractivity contribution is 5.88. The summed E-state index contributed by atoms with van der Waals surface area (Å²) in [4.78, 5) is 11.2. The maximum Gasteiger partial charge on any atom is 0.244 e. The van der Waals surface area contributed by atoms with Crippen LogP contribution in [0.2, 0.25) is 0 Å². The fraction of sp³-hybridized carbons (Fsp3) is 0.667. The predicted molar refractivity (Wildman–Crippen MR) is 51.6 cm³/mol. The Hall–Kier alpha value is -0.910. The van der Waals surface area contributed by atoms with Gasteiger partial charge in [-0.05, 0) is 13.8 Å². The molecular formula is C9H17NO4. The number of carbonyl (C=O) groups is 1. The second kappa shape index (κ2) is 5.74. The molecule has 0 atom stereocenters. The molecule has 0 saturated carbocycles. The molecule has 82 valence electrons. The Kier molecular flexibility index (Phi) is 5.37. The molecule has 0 rings (SSSR count). The summed E-state index contributed by atoms with van der Waals surface area (Å²) in [7, 11) is 0. The lowest BCUT2D eigenvalue weighted by molar-refractivity contribution is -0.120. The Bertz CT molecular complexity index is 209. The fourth-order valence-electron chi connectivity index (χ4n) is 0.828. The number of aliphatic hydroxyl groups excluding tert-OH is 3. The van der Waals surface area contributed by atoms with E-state index in [-0.39, 0.29) is 0 Å². The van der Waals surface area contributed by atoms with Crippen molar-refractivity contribution in [2.75, 3.05) is 19.8 Å². The summed E-state index contributed by atoms with van der Waals surface area (Å²) in [6.45, 7) is 1.96. The Morgan fingerprint density at radius 2 is 1.64 bits per heavy atom. The van der Waals surface area contributed by atoms with Crippen LogP contribution in [0.25, 0.3) is 0 Å². The summed E-state index contributed by atoms with van der Waals surface area (Å²) in [6.07, 6.45) is 1.33. The van der Waals surface area contributed by atoms with Crippen LogP contribution < -0.4 is 5.32 Å². The van der Waals surface area contributed by atoms with Crippen LogP contribution in [0.1, 0.15) is 13.8 Å². The number of allylic oxidation sites excluding steroid dienone is 1. The van der Waals surface area contributed by atoms with E-state index in [0.717, 1.165) is 5.57 Å². The average molecular weight is 203 g/mol. The first-order chi connectivity index (χ1) is 6.49. The molecule has 0 bridgehead atoms. The largest absolute Gasteiger partial charge is 0.394 e. The van der Waals surface area contributed by atoms with Crippen LogP contribution >= 0.6 is 0 Å². The number of hydrogen-bond donors (Lipinski definition) is 4. The zero-order chi connectivity index (χ0) is 11.2. The van der Waals surface area contributed by atoms with Gasteiger partial charge in [0.15, 0.2) is 0 Å². The highest BCUT2D eigenvalue weighted by atomic mass is 16.3. The predicted octanol–water partition coefficient (Wildman–Crippen LogP) is -1.22. The first-order valence-electron chi connectivity index (χ1n) is 4.29. The zero-order valence-electron chi connectivity index (χ0n) is 8.45. The Morgan fingerprint density at radius 3 is 1.93 bits per heavy atom. The van der Waals surface area contributed by atoms with Crippen LogP contribution in [0.15, 0.2) is 11.6 Å². The van der Waals surface area contributed by atoms with E-state index >= 15 is 0 Å².